The third-order valence-corrected chi connectivity index (χ3v) is 7.55. The second-order valence-electron chi connectivity index (χ2n) is 9.95. The van der Waals surface area contributed by atoms with Crippen LogP contribution < -0.4 is 0 Å². The molecule has 8 aromatic rings. The molecule has 0 bridgehead atoms. The lowest BCUT2D eigenvalue weighted by Crippen LogP contribution is -1.88. The number of hydrogen-bond acceptors (Lipinski definition) is 2. The van der Waals surface area contributed by atoms with E-state index in [9.17, 15) is 0 Å². The highest BCUT2D eigenvalue weighted by molar-refractivity contribution is 5.99. The van der Waals surface area contributed by atoms with Crippen LogP contribution in [0.3, 0.4) is 0 Å². The summed E-state index contributed by atoms with van der Waals surface area (Å²) >= 11 is 0. The van der Waals surface area contributed by atoms with E-state index in [0.29, 0.717) is 0 Å². The van der Waals surface area contributed by atoms with Crippen LogP contribution in [0.1, 0.15) is 0 Å². The zero-order valence-corrected chi connectivity index (χ0v) is 20.6. The minimum absolute atomic E-state index is 0.982. The lowest BCUT2D eigenvalue weighted by molar-refractivity contribution is 1.40. The molecule has 6 aromatic carbocycles. The molecule has 0 amide bonds. The Balaban J connectivity index is 1.22. The number of hydrogen-bond donors (Lipinski definition) is 0. The normalized spacial score (nSPS) is 11.7. The van der Waals surface area contributed by atoms with E-state index in [0.717, 1.165) is 44.3 Å². The highest BCUT2D eigenvalue weighted by Crippen LogP contribution is 2.31. The van der Waals surface area contributed by atoms with Crippen LogP contribution in [0.4, 0.5) is 0 Å². The molecular weight excluding hydrogens is 460 g/mol. The van der Waals surface area contributed by atoms with Gasteiger partial charge in [0.25, 0.3) is 0 Å². The van der Waals surface area contributed by atoms with E-state index in [-0.39, 0.29) is 0 Å². The zero-order chi connectivity index (χ0) is 25.1. The Morgan fingerprint density at radius 2 is 0.711 bits per heavy atom. The first-order valence-electron chi connectivity index (χ1n) is 12.9. The van der Waals surface area contributed by atoms with Crippen LogP contribution in [0.5, 0.6) is 0 Å². The first kappa shape index (κ1) is 21.0. The van der Waals surface area contributed by atoms with Crippen LogP contribution in [0, 0.1) is 0 Å². The van der Waals surface area contributed by atoms with E-state index in [4.69, 9.17) is 9.97 Å². The van der Waals surface area contributed by atoms with Crippen LogP contribution in [0.2, 0.25) is 0 Å². The fraction of sp³-hybridized carbons (Fsp3) is 0. The maximum Gasteiger partial charge on any atom is 0.0715 e. The molecule has 2 heterocycles. The number of fused-ring (bicyclic) bond motifs is 5. The summed E-state index contributed by atoms with van der Waals surface area (Å²) in [5.41, 5.74) is 6.22. The van der Waals surface area contributed by atoms with Gasteiger partial charge in [-0.2, -0.15) is 0 Å². The van der Waals surface area contributed by atoms with Crippen LogP contribution in [-0.2, 0) is 0 Å². The summed E-state index contributed by atoms with van der Waals surface area (Å²) in [6, 6.07) is 47.4. The summed E-state index contributed by atoms with van der Waals surface area (Å²) in [5.74, 6) is 0. The van der Waals surface area contributed by atoms with Gasteiger partial charge in [0.05, 0.1) is 22.4 Å². The van der Waals surface area contributed by atoms with Crippen LogP contribution in [0.25, 0.3) is 76.6 Å². The maximum absolute atomic E-state index is 5.03. The summed E-state index contributed by atoms with van der Waals surface area (Å²) in [6.07, 6.45) is 0. The van der Waals surface area contributed by atoms with Gasteiger partial charge in [-0.25, -0.2) is 9.97 Å². The van der Waals surface area contributed by atoms with E-state index >= 15 is 0 Å². The Bertz CT molecular complexity index is 2040. The Labute approximate surface area is 219 Å². The number of pyridine rings is 2. The van der Waals surface area contributed by atoms with Crippen molar-refractivity contribution in [1.82, 2.24) is 9.97 Å². The molecule has 2 nitrogen and oxygen atoms in total. The summed E-state index contributed by atoms with van der Waals surface area (Å²) < 4.78 is 0. The molecule has 0 radical (unpaired) electrons. The second-order valence-corrected chi connectivity index (χ2v) is 9.95. The Morgan fingerprint density at radius 1 is 0.289 bits per heavy atom. The summed E-state index contributed by atoms with van der Waals surface area (Å²) in [4.78, 5) is 10.1. The van der Waals surface area contributed by atoms with Gasteiger partial charge in [0.2, 0.25) is 0 Å². The average molecular weight is 483 g/mol. The van der Waals surface area contributed by atoms with Gasteiger partial charge in [0.1, 0.15) is 0 Å². The Morgan fingerprint density at radius 3 is 1.18 bits per heavy atom. The fourth-order valence-corrected chi connectivity index (χ4v) is 5.51. The first-order chi connectivity index (χ1) is 18.8. The van der Waals surface area contributed by atoms with Crippen molar-refractivity contribution in [3.8, 4) is 22.5 Å². The van der Waals surface area contributed by atoms with Crippen LogP contribution in [0.15, 0.2) is 133 Å². The molecule has 0 aliphatic heterocycles. The predicted molar refractivity (Wildman–Crippen MR) is 160 cm³/mol. The van der Waals surface area contributed by atoms with E-state index in [1.807, 2.05) is 0 Å². The molecule has 0 saturated heterocycles. The molecule has 2 aromatic heterocycles. The quantitative estimate of drug-likeness (QED) is 0.229. The van der Waals surface area contributed by atoms with Crippen molar-refractivity contribution in [2.45, 2.75) is 0 Å². The van der Waals surface area contributed by atoms with Gasteiger partial charge in [0, 0.05) is 21.9 Å². The molecule has 0 saturated carbocycles. The van der Waals surface area contributed by atoms with E-state index in [1.165, 1.54) is 32.3 Å². The number of rotatable bonds is 2. The van der Waals surface area contributed by atoms with Gasteiger partial charge in [-0.05, 0) is 80.8 Å². The predicted octanol–water partition coefficient (Wildman–Crippen LogP) is 9.58. The first-order valence-corrected chi connectivity index (χ1v) is 12.9. The van der Waals surface area contributed by atoms with Gasteiger partial charge in [-0.1, -0.05) is 84.9 Å². The van der Waals surface area contributed by atoms with E-state index in [2.05, 4.69) is 133 Å². The van der Waals surface area contributed by atoms with Crippen molar-refractivity contribution in [2.75, 3.05) is 0 Å². The van der Waals surface area contributed by atoms with Gasteiger partial charge in [-0.15, -0.1) is 0 Å². The smallest absolute Gasteiger partial charge is 0.0715 e. The monoisotopic (exact) mass is 482 g/mol. The molecule has 2 heteroatoms. The number of nitrogens with zero attached hydrogens (tertiary/aromatic N) is 2. The van der Waals surface area contributed by atoms with Crippen molar-refractivity contribution >= 4 is 54.1 Å². The van der Waals surface area contributed by atoms with Gasteiger partial charge in [0.15, 0.2) is 0 Å². The van der Waals surface area contributed by atoms with Crippen LogP contribution in [-0.4, -0.2) is 9.97 Å². The maximum atomic E-state index is 5.03. The lowest BCUT2D eigenvalue weighted by Gasteiger charge is -2.09. The molecule has 0 fully saturated rings. The van der Waals surface area contributed by atoms with Crippen LogP contribution >= 0.6 is 0 Å². The summed E-state index contributed by atoms with van der Waals surface area (Å²) in [5, 5.41) is 9.60. The Kier molecular flexibility index (Phi) is 4.55. The van der Waals surface area contributed by atoms with Gasteiger partial charge < -0.3 is 0 Å². The molecule has 0 aliphatic rings. The molecular formula is C36H22N2. The van der Waals surface area contributed by atoms with E-state index in [1.54, 1.807) is 0 Å². The van der Waals surface area contributed by atoms with Gasteiger partial charge >= 0.3 is 0 Å². The third-order valence-electron chi connectivity index (χ3n) is 7.55. The number of aromatic nitrogens is 2. The molecule has 0 spiro atoms. The molecule has 0 N–H and O–H groups in total. The topological polar surface area (TPSA) is 25.8 Å². The standard InChI is InChI=1S/C36H22N2/c1-3-7-26-21-35-30(17-24(26)5-1)13-15-33(37-35)28-11-9-23-10-12-29(20-32(23)19-28)34-16-14-31-18-25-6-2-4-8-27(25)22-36(31)38-34/h1-22H. The highest BCUT2D eigenvalue weighted by atomic mass is 14.7. The van der Waals surface area contributed by atoms with Gasteiger partial charge in [-0.3, -0.25) is 0 Å². The SMILES string of the molecule is c1ccc2cc3nc(-c4ccc5ccc(-c6ccc7cc8ccccc8cc7n6)cc5c4)ccc3cc2c1. The van der Waals surface area contributed by atoms with Crippen molar-refractivity contribution in [2.24, 2.45) is 0 Å². The third kappa shape index (κ3) is 3.50. The largest absolute Gasteiger partial charge is 0.248 e. The fourth-order valence-electron chi connectivity index (χ4n) is 5.51. The molecule has 0 atom stereocenters. The van der Waals surface area contributed by atoms with Crippen molar-refractivity contribution in [3.05, 3.63) is 133 Å². The molecule has 38 heavy (non-hydrogen) atoms. The van der Waals surface area contributed by atoms with E-state index < -0.39 is 0 Å². The van der Waals surface area contributed by atoms with Crippen molar-refractivity contribution < 1.29 is 0 Å². The highest BCUT2D eigenvalue weighted by Gasteiger charge is 2.08. The molecule has 8 rings (SSSR count). The average Bonchev–Trinajstić information content (AvgIpc) is 2.97. The molecule has 0 aliphatic carbocycles. The summed E-state index contributed by atoms with van der Waals surface area (Å²) in [7, 11) is 0. The van der Waals surface area contributed by atoms with Crippen molar-refractivity contribution in [3.63, 3.8) is 0 Å². The lowest BCUT2D eigenvalue weighted by atomic mass is 10.00. The second kappa shape index (κ2) is 8.22. The molecule has 176 valence electrons. The summed E-state index contributed by atoms with van der Waals surface area (Å²) in [6.45, 7) is 0. The minimum atomic E-state index is 0.982. The Hall–Kier alpha value is -5.08. The number of benzene rings is 6. The molecule has 0 unspecified atom stereocenters. The zero-order valence-electron chi connectivity index (χ0n) is 20.6. The van der Waals surface area contributed by atoms with Crippen molar-refractivity contribution in [1.29, 1.82) is 0 Å². The minimum Gasteiger partial charge on any atom is -0.248 e.